The van der Waals surface area contributed by atoms with Crippen molar-refractivity contribution in [1.82, 2.24) is 0 Å². The molecule has 0 bridgehead atoms. The highest BCUT2D eigenvalue weighted by Crippen LogP contribution is 2.36. The van der Waals surface area contributed by atoms with E-state index in [4.69, 9.17) is 10.5 Å². The zero-order chi connectivity index (χ0) is 7.84. The topological polar surface area (TPSA) is 35.2 Å². The quantitative estimate of drug-likeness (QED) is 0.670. The summed E-state index contributed by atoms with van der Waals surface area (Å²) < 4.78 is 6.38. The van der Waals surface area contributed by atoms with Gasteiger partial charge in [0.05, 0.1) is 11.1 Å². The Kier molecular flexibility index (Phi) is 1.53. The highest BCUT2D eigenvalue weighted by molar-refractivity contribution is 9.10. The van der Waals surface area contributed by atoms with Gasteiger partial charge >= 0.3 is 0 Å². The van der Waals surface area contributed by atoms with E-state index >= 15 is 0 Å². The molecule has 2 N–H and O–H groups in total. The summed E-state index contributed by atoms with van der Waals surface area (Å²) in [5.41, 5.74) is 7.71. The van der Waals surface area contributed by atoms with Crippen LogP contribution in [0, 0.1) is 0 Å². The van der Waals surface area contributed by atoms with Crippen LogP contribution in [-0.2, 0) is 6.42 Å². The summed E-state index contributed by atoms with van der Waals surface area (Å²) in [7, 11) is 0. The molecule has 0 aliphatic carbocycles. The standard InChI is InChI=1S/C8H8BrNO/c9-6-1-2-7(10)5-3-4-11-8(5)6/h1-2H,3-4,10H2. The van der Waals surface area contributed by atoms with E-state index in [0.717, 1.165) is 34.5 Å². The SMILES string of the molecule is Nc1ccc(Br)c2c1CCO2. The number of nitrogen functional groups attached to an aromatic ring is 1. The third-order valence-corrected chi connectivity index (χ3v) is 2.47. The maximum absolute atomic E-state index is 5.74. The van der Waals surface area contributed by atoms with Crippen LogP contribution in [0.1, 0.15) is 5.56 Å². The Bertz CT molecular complexity index is 269. The van der Waals surface area contributed by atoms with Crippen molar-refractivity contribution in [2.45, 2.75) is 6.42 Å². The van der Waals surface area contributed by atoms with Crippen molar-refractivity contribution in [2.75, 3.05) is 12.3 Å². The van der Waals surface area contributed by atoms with Crippen molar-refractivity contribution in [3.8, 4) is 5.75 Å². The molecular weight excluding hydrogens is 206 g/mol. The fourth-order valence-electron chi connectivity index (χ4n) is 1.28. The second kappa shape index (κ2) is 2.41. The smallest absolute Gasteiger partial charge is 0.138 e. The van der Waals surface area contributed by atoms with E-state index in [1.54, 1.807) is 0 Å². The predicted octanol–water partition coefficient (Wildman–Crippen LogP) is 1.97. The summed E-state index contributed by atoms with van der Waals surface area (Å²) >= 11 is 3.40. The number of benzene rings is 1. The Balaban J connectivity index is 2.64. The summed E-state index contributed by atoms with van der Waals surface area (Å²) in [5.74, 6) is 0.921. The molecule has 1 aromatic carbocycles. The van der Waals surface area contributed by atoms with Crippen LogP contribution in [0.25, 0.3) is 0 Å². The first-order valence-electron chi connectivity index (χ1n) is 3.48. The molecule has 0 fully saturated rings. The second-order valence-corrected chi connectivity index (χ2v) is 3.40. The van der Waals surface area contributed by atoms with E-state index in [-0.39, 0.29) is 0 Å². The van der Waals surface area contributed by atoms with Gasteiger partial charge in [0.15, 0.2) is 0 Å². The van der Waals surface area contributed by atoms with E-state index in [9.17, 15) is 0 Å². The molecule has 0 aromatic heterocycles. The Labute approximate surface area is 73.5 Å². The molecule has 11 heavy (non-hydrogen) atoms. The molecule has 3 heteroatoms. The zero-order valence-corrected chi connectivity index (χ0v) is 7.52. The molecule has 1 aliphatic heterocycles. The first kappa shape index (κ1) is 6.98. The average molecular weight is 214 g/mol. The molecule has 58 valence electrons. The normalized spacial score (nSPS) is 14.3. The third-order valence-electron chi connectivity index (χ3n) is 1.85. The molecule has 1 heterocycles. The van der Waals surface area contributed by atoms with Gasteiger partial charge in [-0.05, 0) is 28.1 Å². The molecule has 0 amide bonds. The minimum absolute atomic E-state index is 0.752. The van der Waals surface area contributed by atoms with Gasteiger partial charge in [0, 0.05) is 17.7 Å². The molecule has 0 spiro atoms. The lowest BCUT2D eigenvalue weighted by atomic mass is 10.1. The van der Waals surface area contributed by atoms with Crippen molar-refractivity contribution in [1.29, 1.82) is 0 Å². The Morgan fingerprint density at radius 3 is 3.00 bits per heavy atom. The summed E-state index contributed by atoms with van der Waals surface area (Å²) in [6.07, 6.45) is 0.931. The van der Waals surface area contributed by atoms with E-state index in [0.29, 0.717) is 0 Å². The van der Waals surface area contributed by atoms with Crippen molar-refractivity contribution < 1.29 is 4.74 Å². The average Bonchev–Trinajstić information content (AvgIpc) is 2.45. The van der Waals surface area contributed by atoms with Gasteiger partial charge in [0.25, 0.3) is 0 Å². The number of rotatable bonds is 0. The van der Waals surface area contributed by atoms with E-state index < -0.39 is 0 Å². The molecule has 0 saturated heterocycles. The van der Waals surface area contributed by atoms with Crippen molar-refractivity contribution in [2.24, 2.45) is 0 Å². The van der Waals surface area contributed by atoms with Gasteiger partial charge in [0.2, 0.25) is 0 Å². The van der Waals surface area contributed by atoms with Crippen LogP contribution in [0.5, 0.6) is 5.75 Å². The second-order valence-electron chi connectivity index (χ2n) is 2.54. The predicted molar refractivity (Wildman–Crippen MR) is 47.8 cm³/mol. The maximum Gasteiger partial charge on any atom is 0.138 e. The summed E-state index contributed by atoms with van der Waals surface area (Å²) in [5, 5.41) is 0. The molecule has 1 aromatic rings. The molecule has 2 nitrogen and oxygen atoms in total. The minimum Gasteiger partial charge on any atom is -0.492 e. The fourth-order valence-corrected chi connectivity index (χ4v) is 1.77. The number of nitrogens with two attached hydrogens (primary N) is 1. The van der Waals surface area contributed by atoms with Crippen LogP contribution < -0.4 is 10.5 Å². The molecular formula is C8H8BrNO. The van der Waals surface area contributed by atoms with Crippen molar-refractivity contribution >= 4 is 21.6 Å². The summed E-state index contributed by atoms with van der Waals surface area (Å²) in [6, 6.07) is 3.82. The minimum atomic E-state index is 0.752. The van der Waals surface area contributed by atoms with E-state index in [1.165, 1.54) is 0 Å². The van der Waals surface area contributed by atoms with E-state index in [1.807, 2.05) is 12.1 Å². The number of fused-ring (bicyclic) bond motifs is 1. The third kappa shape index (κ3) is 0.997. The molecule has 0 unspecified atom stereocenters. The van der Waals surface area contributed by atoms with E-state index in [2.05, 4.69) is 15.9 Å². The molecule has 1 aliphatic rings. The highest BCUT2D eigenvalue weighted by Gasteiger charge is 2.17. The highest BCUT2D eigenvalue weighted by atomic mass is 79.9. The van der Waals surface area contributed by atoms with Gasteiger partial charge in [-0.3, -0.25) is 0 Å². The fraction of sp³-hybridized carbons (Fsp3) is 0.250. The first-order chi connectivity index (χ1) is 5.29. The van der Waals surface area contributed by atoms with Gasteiger partial charge in [-0.1, -0.05) is 0 Å². The van der Waals surface area contributed by atoms with Crippen LogP contribution in [0.15, 0.2) is 16.6 Å². The monoisotopic (exact) mass is 213 g/mol. The largest absolute Gasteiger partial charge is 0.492 e. The Morgan fingerprint density at radius 1 is 1.45 bits per heavy atom. The van der Waals surface area contributed by atoms with Gasteiger partial charge < -0.3 is 10.5 Å². The molecule has 0 radical (unpaired) electrons. The van der Waals surface area contributed by atoms with Crippen LogP contribution in [-0.4, -0.2) is 6.61 Å². The van der Waals surface area contributed by atoms with Gasteiger partial charge in [-0.25, -0.2) is 0 Å². The Morgan fingerprint density at radius 2 is 2.27 bits per heavy atom. The molecule has 0 atom stereocenters. The van der Waals surface area contributed by atoms with Crippen LogP contribution >= 0.6 is 15.9 Å². The van der Waals surface area contributed by atoms with Gasteiger partial charge in [0.1, 0.15) is 5.75 Å². The van der Waals surface area contributed by atoms with Crippen molar-refractivity contribution in [3.05, 3.63) is 22.2 Å². The number of anilines is 1. The van der Waals surface area contributed by atoms with Gasteiger partial charge in [-0.2, -0.15) is 0 Å². The molecule has 2 rings (SSSR count). The lowest BCUT2D eigenvalue weighted by Crippen LogP contribution is -1.90. The lowest BCUT2D eigenvalue weighted by molar-refractivity contribution is 0.355. The van der Waals surface area contributed by atoms with Crippen LogP contribution in [0.3, 0.4) is 0 Å². The number of hydrogen-bond donors (Lipinski definition) is 1. The van der Waals surface area contributed by atoms with Crippen molar-refractivity contribution in [3.63, 3.8) is 0 Å². The zero-order valence-electron chi connectivity index (χ0n) is 5.93. The maximum atomic E-state index is 5.74. The van der Waals surface area contributed by atoms with Gasteiger partial charge in [-0.15, -0.1) is 0 Å². The van der Waals surface area contributed by atoms with Crippen LogP contribution in [0.4, 0.5) is 5.69 Å². The first-order valence-corrected chi connectivity index (χ1v) is 4.28. The van der Waals surface area contributed by atoms with Crippen LogP contribution in [0.2, 0.25) is 0 Å². The summed E-state index contributed by atoms with van der Waals surface area (Å²) in [6.45, 7) is 0.752. The molecule has 0 saturated carbocycles. The number of halogens is 1. The summed E-state index contributed by atoms with van der Waals surface area (Å²) in [4.78, 5) is 0. The number of ether oxygens (including phenoxy) is 1. The number of hydrogen-bond acceptors (Lipinski definition) is 2. The lowest BCUT2D eigenvalue weighted by Gasteiger charge is -2.03. The Hall–Kier alpha value is -0.700.